The minimum Gasteiger partial charge on any atom is -0.443 e. The fraction of sp³-hybridized carbons (Fsp3) is 0.333. The zero-order chi connectivity index (χ0) is 13.9. The Labute approximate surface area is 141 Å². The number of nitrogens with two attached hydrogens (primary N) is 1. The van der Waals surface area contributed by atoms with Gasteiger partial charge in [0.2, 0.25) is 0 Å². The molecule has 1 aromatic carbocycles. The number of benzene rings is 1. The number of hydrogen-bond acceptors (Lipinski definition) is 3. The lowest BCUT2D eigenvalue weighted by molar-refractivity contribution is 0.487. The maximum absolute atomic E-state index is 5.98. The standard InChI is InChI=1S/C15H18N4O.HI/c1-19(12-7-8-12)15(16)17-9-13-14(20-10-18-13)11-5-3-2-4-6-11;/h2-6,10,12H,7-9H2,1H3,(H2,16,17);1H. The maximum atomic E-state index is 5.98. The molecule has 0 bridgehead atoms. The molecule has 6 heteroatoms. The molecule has 0 aliphatic heterocycles. The van der Waals surface area contributed by atoms with Gasteiger partial charge in [0.15, 0.2) is 18.1 Å². The zero-order valence-electron chi connectivity index (χ0n) is 11.9. The van der Waals surface area contributed by atoms with Crippen LogP contribution in [-0.2, 0) is 6.54 Å². The molecule has 1 heterocycles. The van der Waals surface area contributed by atoms with Crippen molar-refractivity contribution in [2.75, 3.05) is 7.05 Å². The van der Waals surface area contributed by atoms with E-state index >= 15 is 0 Å². The Balaban J connectivity index is 0.00000161. The van der Waals surface area contributed by atoms with E-state index in [0.717, 1.165) is 17.0 Å². The molecule has 0 amide bonds. The summed E-state index contributed by atoms with van der Waals surface area (Å²) in [6.07, 6.45) is 3.85. The highest BCUT2D eigenvalue weighted by atomic mass is 127. The molecule has 1 fully saturated rings. The van der Waals surface area contributed by atoms with E-state index in [-0.39, 0.29) is 24.0 Å². The van der Waals surface area contributed by atoms with Gasteiger partial charge < -0.3 is 15.1 Å². The Morgan fingerprint density at radius 1 is 1.38 bits per heavy atom. The Morgan fingerprint density at radius 2 is 2.10 bits per heavy atom. The number of rotatable bonds is 4. The lowest BCUT2D eigenvalue weighted by atomic mass is 10.1. The molecule has 0 radical (unpaired) electrons. The molecule has 1 aliphatic rings. The summed E-state index contributed by atoms with van der Waals surface area (Å²) in [6, 6.07) is 10.5. The van der Waals surface area contributed by atoms with Crippen LogP contribution in [0, 0.1) is 0 Å². The molecule has 0 atom stereocenters. The molecule has 0 spiro atoms. The van der Waals surface area contributed by atoms with Gasteiger partial charge in [-0.25, -0.2) is 9.98 Å². The number of aliphatic imine (C=N–C) groups is 1. The topological polar surface area (TPSA) is 67.7 Å². The fourth-order valence-electron chi connectivity index (χ4n) is 2.12. The minimum atomic E-state index is 0. The first kappa shape index (κ1) is 15.8. The molecular weight excluding hydrogens is 379 g/mol. The highest BCUT2D eigenvalue weighted by Crippen LogP contribution is 2.26. The third kappa shape index (κ3) is 3.75. The van der Waals surface area contributed by atoms with Crippen LogP contribution in [0.4, 0.5) is 0 Å². The Kier molecular flexibility index (Phi) is 5.22. The van der Waals surface area contributed by atoms with Gasteiger partial charge in [0, 0.05) is 18.7 Å². The van der Waals surface area contributed by atoms with E-state index in [0.29, 0.717) is 18.5 Å². The number of oxazole rings is 1. The van der Waals surface area contributed by atoms with Gasteiger partial charge >= 0.3 is 0 Å². The quantitative estimate of drug-likeness (QED) is 0.489. The summed E-state index contributed by atoms with van der Waals surface area (Å²) in [5, 5.41) is 0. The Hall–Kier alpha value is -1.57. The first-order valence-corrected chi connectivity index (χ1v) is 6.76. The summed E-state index contributed by atoms with van der Waals surface area (Å²) >= 11 is 0. The van der Waals surface area contributed by atoms with Gasteiger partial charge in [-0.1, -0.05) is 30.3 Å². The van der Waals surface area contributed by atoms with Crippen molar-refractivity contribution in [3.05, 3.63) is 42.4 Å². The predicted molar refractivity (Wildman–Crippen MR) is 93.5 cm³/mol. The SMILES string of the molecule is CN(C(N)=NCc1ncoc1-c1ccccc1)C1CC1.I. The average molecular weight is 398 g/mol. The first-order valence-electron chi connectivity index (χ1n) is 6.76. The number of aromatic nitrogens is 1. The van der Waals surface area contributed by atoms with Crippen LogP contribution in [0.2, 0.25) is 0 Å². The molecule has 1 aromatic heterocycles. The average Bonchev–Trinajstić information content (AvgIpc) is 3.23. The van der Waals surface area contributed by atoms with Gasteiger partial charge in [-0.05, 0) is 12.8 Å². The highest BCUT2D eigenvalue weighted by molar-refractivity contribution is 14.0. The van der Waals surface area contributed by atoms with E-state index in [1.165, 1.54) is 19.2 Å². The van der Waals surface area contributed by atoms with Crippen molar-refractivity contribution in [2.24, 2.45) is 10.7 Å². The zero-order valence-corrected chi connectivity index (χ0v) is 14.2. The second-order valence-electron chi connectivity index (χ2n) is 5.01. The number of nitrogens with zero attached hydrogens (tertiary/aromatic N) is 3. The maximum Gasteiger partial charge on any atom is 0.191 e. The molecule has 3 rings (SSSR count). The molecule has 2 aromatic rings. The van der Waals surface area contributed by atoms with Crippen LogP contribution in [0.15, 0.2) is 46.1 Å². The van der Waals surface area contributed by atoms with Crippen molar-refractivity contribution in [2.45, 2.75) is 25.4 Å². The monoisotopic (exact) mass is 398 g/mol. The molecule has 5 nitrogen and oxygen atoms in total. The van der Waals surface area contributed by atoms with E-state index < -0.39 is 0 Å². The molecule has 1 saturated carbocycles. The predicted octanol–water partition coefficient (Wildman–Crippen LogP) is 2.87. The van der Waals surface area contributed by atoms with Gasteiger partial charge in [-0.2, -0.15) is 0 Å². The normalized spacial score (nSPS) is 14.6. The number of halogens is 1. The van der Waals surface area contributed by atoms with E-state index in [2.05, 4.69) is 9.98 Å². The summed E-state index contributed by atoms with van der Waals surface area (Å²) in [4.78, 5) is 10.7. The second kappa shape index (κ2) is 6.93. The third-order valence-electron chi connectivity index (χ3n) is 3.52. The summed E-state index contributed by atoms with van der Waals surface area (Å²) in [6.45, 7) is 0.434. The number of guanidine groups is 1. The van der Waals surface area contributed by atoms with Gasteiger partial charge in [-0.15, -0.1) is 24.0 Å². The van der Waals surface area contributed by atoms with Gasteiger partial charge in [0.05, 0.1) is 6.54 Å². The first-order chi connectivity index (χ1) is 9.75. The lowest BCUT2D eigenvalue weighted by Crippen LogP contribution is -2.35. The Morgan fingerprint density at radius 3 is 2.76 bits per heavy atom. The van der Waals surface area contributed by atoms with E-state index in [4.69, 9.17) is 10.2 Å². The summed E-state index contributed by atoms with van der Waals surface area (Å²) in [5.74, 6) is 1.32. The molecule has 1 aliphatic carbocycles. The van der Waals surface area contributed by atoms with Crippen LogP contribution >= 0.6 is 24.0 Å². The number of hydrogen-bond donors (Lipinski definition) is 1. The second-order valence-corrected chi connectivity index (χ2v) is 5.01. The fourth-order valence-corrected chi connectivity index (χ4v) is 2.12. The van der Waals surface area contributed by atoms with Crippen molar-refractivity contribution in [3.8, 4) is 11.3 Å². The van der Waals surface area contributed by atoms with Crippen LogP contribution in [0.3, 0.4) is 0 Å². The molecule has 0 saturated heterocycles. The molecule has 21 heavy (non-hydrogen) atoms. The largest absolute Gasteiger partial charge is 0.443 e. The van der Waals surface area contributed by atoms with Crippen LogP contribution in [0.25, 0.3) is 11.3 Å². The van der Waals surface area contributed by atoms with E-state index in [9.17, 15) is 0 Å². The minimum absolute atomic E-state index is 0. The van der Waals surface area contributed by atoms with E-state index in [1.54, 1.807) is 0 Å². The smallest absolute Gasteiger partial charge is 0.191 e. The Bertz CT molecular complexity index is 607. The van der Waals surface area contributed by atoms with Crippen molar-refractivity contribution >= 4 is 29.9 Å². The van der Waals surface area contributed by atoms with Gasteiger partial charge in [0.25, 0.3) is 0 Å². The van der Waals surface area contributed by atoms with Crippen LogP contribution in [0.5, 0.6) is 0 Å². The molecule has 112 valence electrons. The van der Waals surface area contributed by atoms with Crippen LogP contribution in [-0.4, -0.2) is 28.9 Å². The molecule has 0 unspecified atom stereocenters. The van der Waals surface area contributed by atoms with Crippen molar-refractivity contribution in [1.82, 2.24) is 9.88 Å². The third-order valence-corrected chi connectivity index (χ3v) is 3.52. The summed E-state index contributed by atoms with van der Waals surface area (Å²) < 4.78 is 5.47. The molecular formula is C15H19IN4O. The van der Waals surface area contributed by atoms with E-state index in [1.807, 2.05) is 42.3 Å². The van der Waals surface area contributed by atoms with Crippen molar-refractivity contribution in [3.63, 3.8) is 0 Å². The van der Waals surface area contributed by atoms with Crippen molar-refractivity contribution in [1.29, 1.82) is 0 Å². The summed E-state index contributed by atoms with van der Waals surface area (Å²) in [7, 11) is 1.98. The lowest BCUT2D eigenvalue weighted by Gasteiger charge is -2.16. The van der Waals surface area contributed by atoms with Crippen molar-refractivity contribution < 1.29 is 4.42 Å². The molecule has 2 N–H and O–H groups in total. The van der Waals surface area contributed by atoms with Gasteiger partial charge in [0.1, 0.15) is 5.69 Å². The summed E-state index contributed by atoms with van der Waals surface area (Å²) in [5.41, 5.74) is 7.79. The highest BCUT2D eigenvalue weighted by Gasteiger charge is 2.27. The van der Waals surface area contributed by atoms with Crippen LogP contribution in [0.1, 0.15) is 18.5 Å². The van der Waals surface area contributed by atoms with Crippen LogP contribution < -0.4 is 5.73 Å². The van der Waals surface area contributed by atoms with Gasteiger partial charge in [-0.3, -0.25) is 0 Å².